The maximum Gasteiger partial charge on any atom is 0.358 e. The van der Waals surface area contributed by atoms with Crippen LogP contribution in [0.2, 0.25) is 0 Å². The third-order valence-electron chi connectivity index (χ3n) is 3.40. The molecule has 2 heterocycles. The van der Waals surface area contributed by atoms with Crippen LogP contribution in [0.3, 0.4) is 0 Å². The van der Waals surface area contributed by atoms with Crippen molar-refractivity contribution in [2.45, 2.75) is 38.8 Å². The number of aryl methyl sites for hydroxylation is 1. The fourth-order valence-corrected chi connectivity index (χ4v) is 2.27. The highest BCUT2D eigenvalue weighted by Gasteiger charge is 2.30. The SMILES string of the molecule is CCCOC1CN(c2nc(C(=O)O)c(C)o2)CCC1N. The first kappa shape index (κ1) is 14.8. The number of nitrogens with zero attached hydrogens (tertiary/aromatic N) is 2. The molecular formula is C13H21N3O4. The van der Waals surface area contributed by atoms with E-state index in [0.717, 1.165) is 12.8 Å². The van der Waals surface area contributed by atoms with Crippen LogP contribution in [0, 0.1) is 6.92 Å². The Labute approximate surface area is 117 Å². The first-order chi connectivity index (χ1) is 9.52. The lowest BCUT2D eigenvalue weighted by Crippen LogP contribution is -2.52. The first-order valence-corrected chi connectivity index (χ1v) is 6.85. The van der Waals surface area contributed by atoms with Gasteiger partial charge in [-0.25, -0.2) is 4.79 Å². The largest absolute Gasteiger partial charge is 0.476 e. The lowest BCUT2D eigenvalue weighted by atomic mass is 10.0. The van der Waals surface area contributed by atoms with Crippen LogP contribution in [0.1, 0.15) is 36.0 Å². The molecular weight excluding hydrogens is 262 g/mol. The molecule has 0 saturated carbocycles. The number of anilines is 1. The lowest BCUT2D eigenvalue weighted by molar-refractivity contribution is 0.0300. The molecule has 0 radical (unpaired) electrons. The Morgan fingerprint density at radius 2 is 2.40 bits per heavy atom. The Morgan fingerprint density at radius 1 is 1.65 bits per heavy atom. The monoisotopic (exact) mass is 283 g/mol. The van der Waals surface area contributed by atoms with Gasteiger partial charge in [-0.1, -0.05) is 6.92 Å². The zero-order valence-corrected chi connectivity index (χ0v) is 11.8. The molecule has 1 aromatic heterocycles. The summed E-state index contributed by atoms with van der Waals surface area (Å²) < 4.78 is 11.2. The quantitative estimate of drug-likeness (QED) is 0.831. The van der Waals surface area contributed by atoms with E-state index in [1.807, 2.05) is 11.8 Å². The highest BCUT2D eigenvalue weighted by atomic mass is 16.5. The van der Waals surface area contributed by atoms with Crippen LogP contribution < -0.4 is 10.6 Å². The molecule has 2 unspecified atom stereocenters. The number of rotatable bonds is 5. The predicted octanol–water partition coefficient (Wildman–Crippen LogP) is 1.01. The molecule has 0 amide bonds. The highest BCUT2D eigenvalue weighted by Crippen LogP contribution is 2.23. The maximum absolute atomic E-state index is 11.0. The summed E-state index contributed by atoms with van der Waals surface area (Å²) >= 11 is 0. The summed E-state index contributed by atoms with van der Waals surface area (Å²) in [6, 6.07) is 0.324. The second-order valence-electron chi connectivity index (χ2n) is 5.01. The number of carboxylic acids is 1. The fraction of sp³-hybridized carbons (Fsp3) is 0.692. The lowest BCUT2D eigenvalue weighted by Gasteiger charge is -2.35. The fourth-order valence-electron chi connectivity index (χ4n) is 2.27. The summed E-state index contributed by atoms with van der Waals surface area (Å²) in [6.45, 7) is 5.56. The van der Waals surface area contributed by atoms with Gasteiger partial charge in [0.2, 0.25) is 0 Å². The normalized spacial score (nSPS) is 23.1. The van der Waals surface area contributed by atoms with Crippen molar-refractivity contribution in [3.8, 4) is 0 Å². The minimum atomic E-state index is -1.08. The van der Waals surface area contributed by atoms with Crippen LogP contribution in [0.25, 0.3) is 0 Å². The number of carbonyl (C=O) groups is 1. The van der Waals surface area contributed by atoms with Gasteiger partial charge in [-0.2, -0.15) is 4.98 Å². The summed E-state index contributed by atoms with van der Waals surface area (Å²) in [5.74, 6) is -0.765. The molecule has 7 heteroatoms. The summed E-state index contributed by atoms with van der Waals surface area (Å²) in [5.41, 5.74) is 6.01. The number of carboxylic acid groups (broad SMARTS) is 1. The predicted molar refractivity (Wildman–Crippen MR) is 73.0 cm³/mol. The van der Waals surface area contributed by atoms with E-state index in [4.69, 9.17) is 20.0 Å². The van der Waals surface area contributed by atoms with Crippen molar-refractivity contribution >= 4 is 12.0 Å². The van der Waals surface area contributed by atoms with Gasteiger partial charge in [0.1, 0.15) is 5.76 Å². The Balaban J connectivity index is 2.09. The second kappa shape index (κ2) is 6.23. The van der Waals surface area contributed by atoms with E-state index in [1.54, 1.807) is 6.92 Å². The molecule has 0 aromatic carbocycles. The van der Waals surface area contributed by atoms with E-state index in [-0.39, 0.29) is 17.8 Å². The Kier molecular flexibility index (Phi) is 4.61. The number of oxazole rings is 1. The van der Waals surface area contributed by atoms with E-state index >= 15 is 0 Å². The third-order valence-corrected chi connectivity index (χ3v) is 3.40. The van der Waals surface area contributed by atoms with Crippen molar-refractivity contribution in [3.63, 3.8) is 0 Å². The van der Waals surface area contributed by atoms with Gasteiger partial charge in [0, 0.05) is 19.2 Å². The van der Waals surface area contributed by atoms with Crippen LogP contribution in [-0.2, 0) is 4.74 Å². The Hall–Kier alpha value is -1.60. The molecule has 112 valence electrons. The van der Waals surface area contributed by atoms with Gasteiger partial charge in [-0.3, -0.25) is 0 Å². The Bertz CT molecular complexity index is 474. The van der Waals surface area contributed by atoms with Crippen molar-refractivity contribution in [1.82, 2.24) is 4.98 Å². The zero-order valence-electron chi connectivity index (χ0n) is 11.8. The minimum absolute atomic E-state index is 0.00666. The number of nitrogens with two attached hydrogens (primary N) is 1. The summed E-state index contributed by atoms with van der Waals surface area (Å²) in [5, 5.41) is 9.00. The molecule has 20 heavy (non-hydrogen) atoms. The molecule has 1 aromatic rings. The number of piperidine rings is 1. The molecule has 1 saturated heterocycles. The third kappa shape index (κ3) is 3.10. The van der Waals surface area contributed by atoms with Crippen molar-refractivity contribution in [3.05, 3.63) is 11.5 Å². The molecule has 1 aliphatic rings. The first-order valence-electron chi connectivity index (χ1n) is 6.85. The molecule has 0 bridgehead atoms. The average Bonchev–Trinajstić information content (AvgIpc) is 2.80. The van der Waals surface area contributed by atoms with Gasteiger partial charge >= 0.3 is 5.97 Å². The topological polar surface area (TPSA) is 102 Å². The van der Waals surface area contributed by atoms with Crippen LogP contribution in [0.5, 0.6) is 0 Å². The molecule has 2 rings (SSSR count). The standard InChI is InChI=1S/C13H21N3O4/c1-3-6-19-10-7-16(5-4-9(10)14)13-15-11(12(17)18)8(2)20-13/h9-10H,3-7,14H2,1-2H3,(H,17,18). The van der Waals surface area contributed by atoms with Gasteiger partial charge < -0.3 is 24.9 Å². The van der Waals surface area contributed by atoms with Crippen molar-refractivity contribution in [2.24, 2.45) is 5.73 Å². The van der Waals surface area contributed by atoms with Crippen LogP contribution in [-0.4, -0.2) is 47.9 Å². The summed E-state index contributed by atoms with van der Waals surface area (Å²) in [4.78, 5) is 16.9. The van der Waals surface area contributed by atoms with Crippen molar-refractivity contribution in [2.75, 3.05) is 24.6 Å². The van der Waals surface area contributed by atoms with Crippen LogP contribution in [0.4, 0.5) is 6.01 Å². The molecule has 0 aliphatic carbocycles. The number of ether oxygens (including phenoxy) is 1. The van der Waals surface area contributed by atoms with Gasteiger partial charge in [0.05, 0.1) is 12.6 Å². The molecule has 1 aliphatic heterocycles. The number of aromatic nitrogens is 1. The Morgan fingerprint density at radius 3 is 3.00 bits per heavy atom. The number of hydrogen-bond acceptors (Lipinski definition) is 6. The zero-order chi connectivity index (χ0) is 14.7. The van der Waals surface area contributed by atoms with Gasteiger partial charge in [0.15, 0.2) is 5.69 Å². The van der Waals surface area contributed by atoms with E-state index in [1.165, 1.54) is 0 Å². The van der Waals surface area contributed by atoms with E-state index in [0.29, 0.717) is 31.5 Å². The average molecular weight is 283 g/mol. The van der Waals surface area contributed by atoms with E-state index < -0.39 is 5.97 Å². The molecule has 1 fully saturated rings. The van der Waals surface area contributed by atoms with E-state index in [9.17, 15) is 4.79 Å². The number of hydrogen-bond donors (Lipinski definition) is 2. The summed E-state index contributed by atoms with van der Waals surface area (Å²) in [7, 11) is 0. The summed E-state index contributed by atoms with van der Waals surface area (Å²) in [6.07, 6.45) is 1.62. The second-order valence-corrected chi connectivity index (χ2v) is 5.01. The van der Waals surface area contributed by atoms with Gasteiger partial charge in [-0.15, -0.1) is 0 Å². The maximum atomic E-state index is 11.0. The van der Waals surface area contributed by atoms with Crippen LogP contribution in [0.15, 0.2) is 4.42 Å². The van der Waals surface area contributed by atoms with Crippen LogP contribution >= 0.6 is 0 Å². The minimum Gasteiger partial charge on any atom is -0.476 e. The molecule has 3 N–H and O–H groups in total. The molecule has 2 atom stereocenters. The van der Waals surface area contributed by atoms with Gasteiger partial charge in [0.25, 0.3) is 6.01 Å². The smallest absolute Gasteiger partial charge is 0.358 e. The van der Waals surface area contributed by atoms with E-state index in [2.05, 4.69) is 4.98 Å². The number of aromatic carboxylic acids is 1. The van der Waals surface area contributed by atoms with Gasteiger partial charge in [-0.05, 0) is 19.8 Å². The van der Waals surface area contributed by atoms with Crippen molar-refractivity contribution in [1.29, 1.82) is 0 Å². The molecule has 0 spiro atoms. The highest BCUT2D eigenvalue weighted by molar-refractivity contribution is 5.86. The van der Waals surface area contributed by atoms with Crippen molar-refractivity contribution < 1.29 is 19.1 Å². The molecule has 7 nitrogen and oxygen atoms in total.